The second kappa shape index (κ2) is 5.53. The molecule has 0 aliphatic carbocycles. The molecule has 1 aliphatic rings. The predicted octanol–water partition coefficient (Wildman–Crippen LogP) is 3.88. The van der Waals surface area contributed by atoms with Crippen molar-refractivity contribution in [3.05, 3.63) is 28.2 Å². The maximum atomic E-state index is 13.0. The van der Waals surface area contributed by atoms with Crippen molar-refractivity contribution < 1.29 is 18.0 Å². The lowest BCUT2D eigenvalue weighted by Crippen LogP contribution is -2.37. The minimum absolute atomic E-state index is 0.147. The molecule has 1 atom stereocenters. The molecular weight excluding hydrogens is 323 g/mol. The van der Waals surface area contributed by atoms with Crippen molar-refractivity contribution >= 4 is 27.9 Å². The average Bonchev–Trinajstić information content (AvgIpc) is 2.37. The standard InChI is InChI=1S/C13H13BrF3NO/c14-10-3-4-11(13(15,16)17)12(6-10)18-5-1-2-9(7-18)8-19/h3-4,6,8-9H,1-2,5,7H2. The highest BCUT2D eigenvalue weighted by Gasteiger charge is 2.35. The first-order valence-electron chi connectivity index (χ1n) is 5.99. The molecule has 1 fully saturated rings. The molecule has 19 heavy (non-hydrogen) atoms. The molecular formula is C13H13BrF3NO. The maximum absolute atomic E-state index is 13.0. The van der Waals surface area contributed by atoms with Crippen LogP contribution in [0.4, 0.5) is 18.9 Å². The van der Waals surface area contributed by atoms with E-state index in [0.717, 1.165) is 25.2 Å². The number of hydrogen-bond acceptors (Lipinski definition) is 2. The fourth-order valence-corrected chi connectivity index (χ4v) is 2.69. The largest absolute Gasteiger partial charge is 0.418 e. The van der Waals surface area contributed by atoms with E-state index >= 15 is 0 Å². The van der Waals surface area contributed by atoms with Crippen LogP contribution in [0.25, 0.3) is 0 Å². The second-order valence-electron chi connectivity index (χ2n) is 4.64. The van der Waals surface area contributed by atoms with Crippen molar-refractivity contribution in [2.45, 2.75) is 19.0 Å². The summed E-state index contributed by atoms with van der Waals surface area (Å²) in [5, 5.41) is 0. The first kappa shape index (κ1) is 14.4. The number of benzene rings is 1. The van der Waals surface area contributed by atoms with E-state index in [1.807, 2.05) is 0 Å². The third-order valence-electron chi connectivity index (χ3n) is 3.26. The monoisotopic (exact) mass is 335 g/mol. The molecule has 0 N–H and O–H groups in total. The van der Waals surface area contributed by atoms with Crippen LogP contribution in [0.1, 0.15) is 18.4 Å². The Labute approximate surface area is 117 Å². The number of carbonyl (C=O) groups excluding carboxylic acids is 1. The summed E-state index contributed by atoms with van der Waals surface area (Å²) in [6, 6.07) is 3.92. The summed E-state index contributed by atoms with van der Waals surface area (Å²) < 4.78 is 39.6. The molecule has 2 nitrogen and oxygen atoms in total. The van der Waals surface area contributed by atoms with Gasteiger partial charge in [-0.15, -0.1) is 0 Å². The quantitative estimate of drug-likeness (QED) is 0.764. The Morgan fingerprint density at radius 1 is 1.37 bits per heavy atom. The Hall–Kier alpha value is -1.04. The lowest BCUT2D eigenvalue weighted by atomic mass is 9.98. The topological polar surface area (TPSA) is 20.3 Å². The molecule has 1 heterocycles. The molecule has 6 heteroatoms. The number of carbonyl (C=O) groups is 1. The number of anilines is 1. The molecule has 1 saturated heterocycles. The van der Waals surface area contributed by atoms with Crippen LogP contribution in [0.3, 0.4) is 0 Å². The zero-order valence-electron chi connectivity index (χ0n) is 10.1. The van der Waals surface area contributed by atoms with Gasteiger partial charge in [-0.1, -0.05) is 15.9 Å². The van der Waals surface area contributed by atoms with Gasteiger partial charge in [-0.05, 0) is 31.0 Å². The SMILES string of the molecule is O=CC1CCCN(c2cc(Br)ccc2C(F)(F)F)C1. The molecule has 0 aromatic heterocycles. The lowest BCUT2D eigenvalue weighted by Gasteiger charge is -2.33. The van der Waals surface area contributed by atoms with Gasteiger partial charge in [0.15, 0.2) is 0 Å². The summed E-state index contributed by atoms with van der Waals surface area (Å²) in [5.74, 6) is -0.186. The van der Waals surface area contributed by atoms with Crippen LogP contribution in [0.5, 0.6) is 0 Å². The van der Waals surface area contributed by atoms with Crippen LogP contribution in [0.15, 0.2) is 22.7 Å². The predicted molar refractivity (Wildman–Crippen MR) is 70.1 cm³/mol. The van der Waals surface area contributed by atoms with E-state index in [0.29, 0.717) is 17.6 Å². The van der Waals surface area contributed by atoms with Crippen molar-refractivity contribution in [1.29, 1.82) is 0 Å². The minimum Gasteiger partial charge on any atom is -0.370 e. The van der Waals surface area contributed by atoms with Crippen molar-refractivity contribution in [3.8, 4) is 0 Å². The summed E-state index contributed by atoms with van der Waals surface area (Å²) in [4.78, 5) is 12.5. The highest BCUT2D eigenvalue weighted by atomic mass is 79.9. The van der Waals surface area contributed by atoms with Crippen molar-refractivity contribution in [1.82, 2.24) is 0 Å². The molecule has 1 aliphatic heterocycles. The van der Waals surface area contributed by atoms with Gasteiger partial charge in [0.05, 0.1) is 11.3 Å². The van der Waals surface area contributed by atoms with E-state index in [-0.39, 0.29) is 11.6 Å². The Morgan fingerprint density at radius 2 is 2.11 bits per heavy atom. The van der Waals surface area contributed by atoms with E-state index in [1.54, 1.807) is 4.90 Å². The molecule has 0 bridgehead atoms. The van der Waals surface area contributed by atoms with Crippen LogP contribution in [0.2, 0.25) is 0 Å². The van der Waals surface area contributed by atoms with Gasteiger partial charge < -0.3 is 9.69 Å². The van der Waals surface area contributed by atoms with Crippen LogP contribution in [0, 0.1) is 5.92 Å². The molecule has 0 saturated carbocycles. The number of aldehydes is 1. The fourth-order valence-electron chi connectivity index (χ4n) is 2.35. The summed E-state index contributed by atoms with van der Waals surface area (Å²) >= 11 is 3.20. The van der Waals surface area contributed by atoms with Gasteiger partial charge in [0.2, 0.25) is 0 Å². The Balaban J connectivity index is 2.37. The first-order chi connectivity index (χ1) is 8.91. The number of piperidine rings is 1. The van der Waals surface area contributed by atoms with E-state index < -0.39 is 11.7 Å². The second-order valence-corrected chi connectivity index (χ2v) is 5.56. The fraction of sp³-hybridized carbons (Fsp3) is 0.462. The lowest BCUT2D eigenvalue weighted by molar-refractivity contribution is -0.137. The summed E-state index contributed by atoms with van der Waals surface area (Å²) in [6.45, 7) is 0.896. The van der Waals surface area contributed by atoms with Crippen molar-refractivity contribution in [2.75, 3.05) is 18.0 Å². The van der Waals surface area contributed by atoms with E-state index in [4.69, 9.17) is 0 Å². The zero-order chi connectivity index (χ0) is 14.0. The van der Waals surface area contributed by atoms with Crippen molar-refractivity contribution in [2.24, 2.45) is 5.92 Å². The smallest absolute Gasteiger partial charge is 0.370 e. The van der Waals surface area contributed by atoms with Crippen molar-refractivity contribution in [3.63, 3.8) is 0 Å². The van der Waals surface area contributed by atoms with E-state index in [9.17, 15) is 18.0 Å². The van der Waals surface area contributed by atoms with Gasteiger partial charge in [-0.2, -0.15) is 13.2 Å². The van der Waals surface area contributed by atoms with Crippen LogP contribution < -0.4 is 4.90 Å². The molecule has 0 radical (unpaired) electrons. The normalized spacial score (nSPS) is 20.4. The molecule has 0 spiro atoms. The van der Waals surface area contributed by atoms with Crippen LogP contribution >= 0.6 is 15.9 Å². The zero-order valence-corrected chi connectivity index (χ0v) is 11.7. The molecule has 1 aromatic rings. The molecule has 1 unspecified atom stereocenters. The average molecular weight is 336 g/mol. The third kappa shape index (κ3) is 3.29. The van der Waals surface area contributed by atoms with Crippen LogP contribution in [-0.4, -0.2) is 19.4 Å². The number of rotatable bonds is 2. The highest BCUT2D eigenvalue weighted by molar-refractivity contribution is 9.10. The van der Waals surface area contributed by atoms with E-state index in [2.05, 4.69) is 15.9 Å². The minimum atomic E-state index is -4.38. The number of alkyl halides is 3. The molecule has 0 amide bonds. The highest BCUT2D eigenvalue weighted by Crippen LogP contribution is 2.39. The number of nitrogens with zero attached hydrogens (tertiary/aromatic N) is 1. The molecule has 104 valence electrons. The Bertz CT molecular complexity index is 475. The van der Waals surface area contributed by atoms with E-state index in [1.165, 1.54) is 12.1 Å². The Kier molecular flexibility index (Phi) is 4.18. The van der Waals surface area contributed by atoms with Gasteiger partial charge in [-0.3, -0.25) is 0 Å². The molecule has 1 aromatic carbocycles. The summed E-state index contributed by atoms with van der Waals surface area (Å²) in [7, 11) is 0. The van der Waals surface area contributed by atoms with Gasteiger partial charge in [0.25, 0.3) is 0 Å². The van der Waals surface area contributed by atoms with Crippen LogP contribution in [-0.2, 0) is 11.0 Å². The first-order valence-corrected chi connectivity index (χ1v) is 6.78. The summed E-state index contributed by atoms with van der Waals surface area (Å²) in [5.41, 5.74) is -0.504. The molecule has 2 rings (SSSR count). The number of hydrogen-bond donors (Lipinski definition) is 0. The van der Waals surface area contributed by atoms with Gasteiger partial charge >= 0.3 is 6.18 Å². The van der Waals surface area contributed by atoms with Gasteiger partial charge in [0.1, 0.15) is 6.29 Å². The van der Waals surface area contributed by atoms with Gasteiger partial charge in [0, 0.05) is 23.5 Å². The summed E-state index contributed by atoms with van der Waals surface area (Å²) in [6.07, 6.45) is -2.08. The third-order valence-corrected chi connectivity index (χ3v) is 3.75. The maximum Gasteiger partial charge on any atom is 0.418 e. The Morgan fingerprint density at radius 3 is 2.74 bits per heavy atom. The van der Waals surface area contributed by atoms with Gasteiger partial charge in [-0.25, -0.2) is 0 Å². The number of halogens is 4.